The van der Waals surface area contributed by atoms with Crippen LogP contribution in [-0.4, -0.2) is 46.5 Å². The van der Waals surface area contributed by atoms with Crippen molar-refractivity contribution in [1.29, 1.82) is 0 Å². The molecule has 2 aromatic carbocycles. The Bertz CT molecular complexity index is 1270. The normalized spacial score (nSPS) is 14.7. The zero-order chi connectivity index (χ0) is 22.1. The minimum atomic E-state index is -0.0423. The molecule has 6 nitrogen and oxygen atoms in total. The molecule has 0 aliphatic carbocycles. The van der Waals surface area contributed by atoms with E-state index in [0.717, 1.165) is 65.0 Å². The number of aromatic nitrogens is 2. The van der Waals surface area contributed by atoms with Crippen molar-refractivity contribution < 1.29 is 4.79 Å². The highest BCUT2D eigenvalue weighted by Gasteiger charge is 2.22. The van der Waals surface area contributed by atoms with Gasteiger partial charge in [-0.15, -0.1) is 0 Å². The number of carbonyl (C=O) groups is 1. The second-order valence-electron chi connectivity index (χ2n) is 8.14. The third kappa shape index (κ3) is 4.05. The lowest BCUT2D eigenvalue weighted by atomic mass is 10.1. The van der Waals surface area contributed by atoms with Gasteiger partial charge in [0.25, 0.3) is 0 Å². The molecule has 0 atom stereocenters. The summed E-state index contributed by atoms with van der Waals surface area (Å²) in [5.74, 6) is 0.970. The number of benzene rings is 2. The van der Waals surface area contributed by atoms with Gasteiger partial charge in [0.1, 0.15) is 0 Å². The molecule has 0 radical (unpaired) electrons. The number of hydrogen-bond donors (Lipinski definition) is 1. The Morgan fingerprint density at radius 2 is 1.88 bits per heavy atom. The minimum absolute atomic E-state index is 0.0423. The molecule has 4 aromatic rings. The lowest BCUT2D eigenvalue weighted by Crippen LogP contribution is -2.38. The number of fused-ring (bicyclic) bond motifs is 3. The fourth-order valence-corrected chi connectivity index (χ4v) is 4.67. The summed E-state index contributed by atoms with van der Waals surface area (Å²) in [5.41, 5.74) is 5.23. The molecular weight excluding hydrogens is 466 g/mol. The molecule has 0 unspecified atom stereocenters. The standard InChI is InChI=1S/C25H26BrN5O/c1-2-18-6-9-20(10-7-18)27-25(32)30-13-4-12-29(15-16-30)24-23-5-3-14-31(23)22-11-8-19(26)17-21(22)28-24/h3,5-11,14,17H,2,4,12-13,15-16H2,1H3,(H,27,32). The summed E-state index contributed by atoms with van der Waals surface area (Å²) in [5, 5.41) is 3.04. The van der Waals surface area contributed by atoms with Crippen molar-refractivity contribution in [2.75, 3.05) is 36.4 Å². The zero-order valence-electron chi connectivity index (χ0n) is 18.1. The lowest BCUT2D eigenvalue weighted by Gasteiger charge is -2.24. The van der Waals surface area contributed by atoms with E-state index >= 15 is 0 Å². The minimum Gasteiger partial charge on any atom is -0.353 e. The van der Waals surface area contributed by atoms with Gasteiger partial charge in [-0.1, -0.05) is 35.0 Å². The summed E-state index contributed by atoms with van der Waals surface area (Å²) in [4.78, 5) is 22.1. The maximum Gasteiger partial charge on any atom is 0.321 e. The second-order valence-corrected chi connectivity index (χ2v) is 9.06. The quantitative estimate of drug-likeness (QED) is 0.408. The molecule has 164 valence electrons. The van der Waals surface area contributed by atoms with E-state index in [-0.39, 0.29) is 6.03 Å². The van der Waals surface area contributed by atoms with Gasteiger partial charge in [-0.25, -0.2) is 9.78 Å². The lowest BCUT2D eigenvalue weighted by molar-refractivity contribution is 0.215. The Labute approximate surface area is 196 Å². The second kappa shape index (κ2) is 8.82. The van der Waals surface area contributed by atoms with Crippen molar-refractivity contribution in [3.05, 3.63) is 70.8 Å². The van der Waals surface area contributed by atoms with Gasteiger partial charge in [-0.2, -0.15) is 0 Å². The number of nitrogens with one attached hydrogen (secondary N) is 1. The summed E-state index contributed by atoms with van der Waals surface area (Å²) in [6, 6.07) is 18.4. The summed E-state index contributed by atoms with van der Waals surface area (Å²) < 4.78 is 3.21. The van der Waals surface area contributed by atoms with Gasteiger partial charge in [0.15, 0.2) is 5.82 Å². The van der Waals surface area contributed by atoms with Crippen molar-refractivity contribution in [3.63, 3.8) is 0 Å². The van der Waals surface area contributed by atoms with Crippen LogP contribution < -0.4 is 10.2 Å². The smallest absolute Gasteiger partial charge is 0.321 e. The van der Waals surface area contributed by atoms with Crippen LogP contribution in [0.4, 0.5) is 16.3 Å². The fourth-order valence-electron chi connectivity index (χ4n) is 4.33. The predicted molar refractivity (Wildman–Crippen MR) is 134 cm³/mol. The third-order valence-corrected chi connectivity index (χ3v) is 6.59. The Morgan fingerprint density at radius 3 is 2.69 bits per heavy atom. The van der Waals surface area contributed by atoms with Crippen LogP contribution >= 0.6 is 15.9 Å². The molecule has 1 aliphatic heterocycles. The van der Waals surface area contributed by atoms with E-state index in [1.54, 1.807) is 0 Å². The molecule has 2 aromatic heterocycles. The Balaban J connectivity index is 1.35. The topological polar surface area (TPSA) is 52.9 Å². The number of aryl methyl sites for hydroxylation is 1. The molecule has 7 heteroatoms. The number of hydrogen-bond acceptors (Lipinski definition) is 3. The van der Waals surface area contributed by atoms with Gasteiger partial charge in [0.2, 0.25) is 0 Å². The van der Waals surface area contributed by atoms with Gasteiger partial charge in [0.05, 0.1) is 16.6 Å². The molecule has 3 heterocycles. The van der Waals surface area contributed by atoms with E-state index in [4.69, 9.17) is 4.98 Å². The van der Waals surface area contributed by atoms with Crippen molar-refractivity contribution in [2.24, 2.45) is 0 Å². The van der Waals surface area contributed by atoms with E-state index in [1.807, 2.05) is 23.1 Å². The predicted octanol–water partition coefficient (Wildman–Crippen LogP) is 5.56. The first kappa shape index (κ1) is 20.8. The number of carbonyl (C=O) groups excluding carboxylic acids is 1. The van der Waals surface area contributed by atoms with Gasteiger partial charge < -0.3 is 19.5 Å². The number of rotatable bonds is 3. The number of anilines is 2. The molecule has 1 N–H and O–H groups in total. The number of nitrogens with zero attached hydrogens (tertiary/aromatic N) is 4. The van der Waals surface area contributed by atoms with E-state index in [1.165, 1.54) is 5.56 Å². The van der Waals surface area contributed by atoms with Crippen LogP contribution in [0.5, 0.6) is 0 Å². The first-order chi connectivity index (χ1) is 15.6. The van der Waals surface area contributed by atoms with E-state index in [2.05, 4.69) is 80.1 Å². The molecule has 0 bridgehead atoms. The van der Waals surface area contributed by atoms with Gasteiger partial charge in [0, 0.05) is 42.5 Å². The van der Waals surface area contributed by atoms with Crippen LogP contribution in [0.1, 0.15) is 18.9 Å². The largest absolute Gasteiger partial charge is 0.353 e. The molecule has 5 rings (SSSR count). The van der Waals surface area contributed by atoms with E-state index in [9.17, 15) is 4.79 Å². The van der Waals surface area contributed by atoms with E-state index in [0.29, 0.717) is 6.54 Å². The SMILES string of the molecule is CCc1ccc(NC(=O)N2CCCN(c3nc4cc(Br)ccc4n4cccc34)CC2)cc1. The average Bonchev–Trinajstić information content (AvgIpc) is 3.16. The molecule has 0 saturated carbocycles. The third-order valence-electron chi connectivity index (χ3n) is 6.10. The average molecular weight is 492 g/mol. The first-order valence-electron chi connectivity index (χ1n) is 11.1. The summed E-state index contributed by atoms with van der Waals surface area (Å²) in [6.07, 6.45) is 3.97. The maximum atomic E-state index is 12.9. The van der Waals surface area contributed by atoms with Crippen molar-refractivity contribution in [3.8, 4) is 0 Å². The fraction of sp³-hybridized carbons (Fsp3) is 0.280. The highest BCUT2D eigenvalue weighted by molar-refractivity contribution is 9.10. The van der Waals surface area contributed by atoms with Crippen molar-refractivity contribution >= 4 is 50.0 Å². The molecule has 1 fully saturated rings. The maximum absolute atomic E-state index is 12.9. The summed E-state index contributed by atoms with van der Waals surface area (Å²) in [6.45, 7) is 5.12. The number of urea groups is 1. The van der Waals surface area contributed by atoms with Crippen molar-refractivity contribution in [2.45, 2.75) is 19.8 Å². The Hall–Kier alpha value is -3.06. The van der Waals surface area contributed by atoms with Crippen LogP contribution in [0.25, 0.3) is 16.6 Å². The van der Waals surface area contributed by atoms with Gasteiger partial charge in [-0.05, 0) is 60.9 Å². The molecule has 32 heavy (non-hydrogen) atoms. The number of amides is 2. The molecule has 1 aliphatic rings. The zero-order valence-corrected chi connectivity index (χ0v) is 19.7. The van der Waals surface area contributed by atoms with Gasteiger partial charge in [-0.3, -0.25) is 0 Å². The van der Waals surface area contributed by atoms with E-state index < -0.39 is 0 Å². The van der Waals surface area contributed by atoms with Crippen LogP contribution in [0.15, 0.2) is 65.3 Å². The van der Waals surface area contributed by atoms with Gasteiger partial charge >= 0.3 is 6.03 Å². The molecular formula is C25H26BrN5O. The highest BCUT2D eigenvalue weighted by atomic mass is 79.9. The monoisotopic (exact) mass is 491 g/mol. The first-order valence-corrected chi connectivity index (χ1v) is 11.9. The van der Waals surface area contributed by atoms with Crippen LogP contribution in [0, 0.1) is 0 Å². The van der Waals surface area contributed by atoms with Crippen LogP contribution in [0.3, 0.4) is 0 Å². The Kier molecular flexibility index (Phi) is 5.74. The molecule has 1 saturated heterocycles. The van der Waals surface area contributed by atoms with Crippen molar-refractivity contribution in [1.82, 2.24) is 14.3 Å². The number of halogens is 1. The highest BCUT2D eigenvalue weighted by Crippen LogP contribution is 2.28. The van der Waals surface area contributed by atoms with Crippen LogP contribution in [-0.2, 0) is 6.42 Å². The Morgan fingerprint density at radius 1 is 1.03 bits per heavy atom. The molecule has 2 amide bonds. The molecule has 0 spiro atoms. The summed E-state index contributed by atoms with van der Waals surface area (Å²) in [7, 11) is 0. The van der Waals surface area contributed by atoms with Crippen LogP contribution in [0.2, 0.25) is 0 Å². The summed E-state index contributed by atoms with van der Waals surface area (Å²) >= 11 is 3.57.